The molecule has 0 radical (unpaired) electrons. The van der Waals surface area contributed by atoms with Crippen LogP contribution in [-0.2, 0) is 4.79 Å². The van der Waals surface area contributed by atoms with Gasteiger partial charge in [-0.05, 0) is 46.0 Å². The van der Waals surface area contributed by atoms with Crippen LogP contribution < -0.4 is 0 Å². The molecule has 1 heteroatoms. The Kier molecular flexibility index (Phi) is 11.6. The summed E-state index contributed by atoms with van der Waals surface area (Å²) in [6.45, 7) is 3.73. The van der Waals surface area contributed by atoms with Gasteiger partial charge in [-0.2, -0.15) is 0 Å². The molecule has 0 saturated heterocycles. The van der Waals surface area contributed by atoms with Gasteiger partial charge in [0.2, 0.25) is 0 Å². The maximum absolute atomic E-state index is 10.7. The SMILES string of the molecule is CC=CCCCCCCC=CCCC(C)=O. The Morgan fingerprint density at radius 1 is 0.875 bits per heavy atom. The van der Waals surface area contributed by atoms with Gasteiger partial charge in [0.05, 0.1) is 0 Å². The van der Waals surface area contributed by atoms with Crippen LogP contribution in [0.5, 0.6) is 0 Å². The van der Waals surface area contributed by atoms with E-state index >= 15 is 0 Å². The van der Waals surface area contributed by atoms with E-state index in [0.29, 0.717) is 6.42 Å². The van der Waals surface area contributed by atoms with Gasteiger partial charge < -0.3 is 4.79 Å². The first-order chi connectivity index (χ1) is 7.77. The highest BCUT2D eigenvalue weighted by atomic mass is 16.1. The van der Waals surface area contributed by atoms with E-state index in [4.69, 9.17) is 0 Å². The maximum atomic E-state index is 10.7. The Balaban J connectivity index is 3.11. The lowest BCUT2D eigenvalue weighted by molar-refractivity contribution is -0.116. The number of hydrogen-bond donors (Lipinski definition) is 0. The van der Waals surface area contributed by atoms with Crippen LogP contribution in [0.15, 0.2) is 24.3 Å². The van der Waals surface area contributed by atoms with Crippen LogP contribution in [0.3, 0.4) is 0 Å². The van der Waals surface area contributed by atoms with Crippen LogP contribution in [0, 0.1) is 0 Å². The highest BCUT2D eigenvalue weighted by Gasteiger charge is 1.89. The summed E-state index contributed by atoms with van der Waals surface area (Å²) in [5, 5.41) is 0. The summed E-state index contributed by atoms with van der Waals surface area (Å²) in [7, 11) is 0. The average Bonchev–Trinajstić information content (AvgIpc) is 2.25. The third-order valence-electron chi connectivity index (χ3n) is 2.56. The molecule has 0 aromatic heterocycles. The number of unbranched alkanes of at least 4 members (excludes halogenated alkanes) is 5. The topological polar surface area (TPSA) is 17.1 Å². The van der Waals surface area contributed by atoms with Crippen molar-refractivity contribution in [3.8, 4) is 0 Å². The van der Waals surface area contributed by atoms with E-state index in [9.17, 15) is 4.79 Å². The zero-order valence-corrected chi connectivity index (χ0v) is 10.9. The molecular formula is C15H26O. The van der Waals surface area contributed by atoms with Gasteiger partial charge in [-0.3, -0.25) is 0 Å². The molecule has 0 aliphatic rings. The van der Waals surface area contributed by atoms with E-state index in [-0.39, 0.29) is 5.78 Å². The molecule has 0 aliphatic carbocycles. The molecule has 0 aromatic rings. The lowest BCUT2D eigenvalue weighted by Crippen LogP contribution is -1.86. The van der Waals surface area contributed by atoms with E-state index in [2.05, 4.69) is 31.2 Å². The quantitative estimate of drug-likeness (QED) is 0.382. The van der Waals surface area contributed by atoms with Crippen molar-refractivity contribution >= 4 is 5.78 Å². The van der Waals surface area contributed by atoms with Crippen LogP contribution in [0.2, 0.25) is 0 Å². The van der Waals surface area contributed by atoms with Crippen LogP contribution in [0.4, 0.5) is 0 Å². The zero-order valence-electron chi connectivity index (χ0n) is 10.9. The summed E-state index contributed by atoms with van der Waals surface area (Å²) in [5.74, 6) is 0.286. The van der Waals surface area contributed by atoms with Crippen LogP contribution in [0.1, 0.15) is 65.2 Å². The Bertz CT molecular complexity index is 213. The number of hydrogen-bond acceptors (Lipinski definition) is 1. The van der Waals surface area contributed by atoms with Gasteiger partial charge in [0.25, 0.3) is 0 Å². The minimum atomic E-state index is 0.286. The molecule has 1 nitrogen and oxygen atoms in total. The predicted molar refractivity (Wildman–Crippen MR) is 71.6 cm³/mol. The van der Waals surface area contributed by atoms with Gasteiger partial charge >= 0.3 is 0 Å². The van der Waals surface area contributed by atoms with E-state index in [1.165, 1.54) is 38.5 Å². The van der Waals surface area contributed by atoms with Crippen molar-refractivity contribution in [2.75, 3.05) is 0 Å². The Morgan fingerprint density at radius 2 is 1.44 bits per heavy atom. The van der Waals surface area contributed by atoms with E-state index in [0.717, 1.165) is 6.42 Å². The summed E-state index contributed by atoms with van der Waals surface area (Å²) in [6, 6.07) is 0. The summed E-state index contributed by atoms with van der Waals surface area (Å²) in [6.07, 6.45) is 18.0. The van der Waals surface area contributed by atoms with Crippen molar-refractivity contribution in [3.63, 3.8) is 0 Å². The first-order valence-corrected chi connectivity index (χ1v) is 6.53. The van der Waals surface area contributed by atoms with Gasteiger partial charge in [-0.15, -0.1) is 0 Å². The molecule has 0 atom stereocenters. The summed E-state index contributed by atoms with van der Waals surface area (Å²) >= 11 is 0. The molecule has 0 aromatic carbocycles. The molecule has 0 spiro atoms. The fourth-order valence-corrected chi connectivity index (χ4v) is 1.57. The van der Waals surface area contributed by atoms with E-state index in [1.54, 1.807) is 6.92 Å². The van der Waals surface area contributed by atoms with Gasteiger partial charge in [0.1, 0.15) is 5.78 Å². The molecule has 0 heterocycles. The average molecular weight is 222 g/mol. The van der Waals surface area contributed by atoms with Gasteiger partial charge in [0.15, 0.2) is 0 Å². The normalized spacial score (nSPS) is 11.6. The van der Waals surface area contributed by atoms with Crippen LogP contribution >= 0.6 is 0 Å². The van der Waals surface area contributed by atoms with Crippen molar-refractivity contribution < 1.29 is 4.79 Å². The van der Waals surface area contributed by atoms with Gasteiger partial charge in [-0.1, -0.05) is 37.1 Å². The summed E-state index contributed by atoms with van der Waals surface area (Å²) < 4.78 is 0. The molecule has 0 amide bonds. The number of rotatable bonds is 10. The van der Waals surface area contributed by atoms with Crippen LogP contribution in [-0.4, -0.2) is 5.78 Å². The fraction of sp³-hybridized carbons (Fsp3) is 0.667. The summed E-state index contributed by atoms with van der Waals surface area (Å²) in [5.41, 5.74) is 0. The van der Waals surface area contributed by atoms with Crippen molar-refractivity contribution in [3.05, 3.63) is 24.3 Å². The standard InChI is InChI=1S/C15H26O/c1-3-4-5-6-7-8-9-10-11-12-13-14-15(2)16/h3-4,11-12H,5-10,13-14H2,1-2H3. The highest BCUT2D eigenvalue weighted by Crippen LogP contribution is 2.06. The second-order valence-electron chi connectivity index (χ2n) is 4.27. The molecule has 92 valence electrons. The van der Waals surface area contributed by atoms with Crippen molar-refractivity contribution in [1.82, 2.24) is 0 Å². The smallest absolute Gasteiger partial charge is 0.130 e. The molecular weight excluding hydrogens is 196 g/mol. The molecule has 0 bridgehead atoms. The molecule has 0 unspecified atom stereocenters. The number of Topliss-reactive ketones (excluding diaryl/α,β-unsaturated/α-hetero) is 1. The molecule has 0 rings (SSSR count). The third kappa shape index (κ3) is 13.2. The lowest BCUT2D eigenvalue weighted by Gasteiger charge is -1.96. The highest BCUT2D eigenvalue weighted by molar-refractivity contribution is 5.75. The third-order valence-corrected chi connectivity index (χ3v) is 2.56. The second-order valence-corrected chi connectivity index (χ2v) is 4.27. The molecule has 0 saturated carbocycles. The van der Waals surface area contributed by atoms with Crippen LogP contribution in [0.25, 0.3) is 0 Å². The number of ketones is 1. The van der Waals surface area contributed by atoms with Gasteiger partial charge in [-0.25, -0.2) is 0 Å². The minimum Gasteiger partial charge on any atom is -0.300 e. The van der Waals surface area contributed by atoms with E-state index in [1.807, 2.05) is 0 Å². The first-order valence-electron chi connectivity index (χ1n) is 6.53. The molecule has 0 fully saturated rings. The summed E-state index contributed by atoms with van der Waals surface area (Å²) in [4.78, 5) is 10.7. The second kappa shape index (κ2) is 12.2. The maximum Gasteiger partial charge on any atom is 0.130 e. The Labute approximate surface area is 101 Å². The fourth-order valence-electron chi connectivity index (χ4n) is 1.57. The largest absolute Gasteiger partial charge is 0.300 e. The van der Waals surface area contributed by atoms with E-state index < -0.39 is 0 Å². The number of allylic oxidation sites excluding steroid dienone is 4. The van der Waals surface area contributed by atoms with Crippen molar-refractivity contribution in [2.24, 2.45) is 0 Å². The van der Waals surface area contributed by atoms with Crippen molar-refractivity contribution in [1.29, 1.82) is 0 Å². The van der Waals surface area contributed by atoms with Gasteiger partial charge in [0, 0.05) is 6.42 Å². The number of carbonyl (C=O) groups excluding carboxylic acids is 1. The molecule has 0 N–H and O–H groups in total. The monoisotopic (exact) mass is 222 g/mol. The number of carbonyl (C=O) groups is 1. The minimum absolute atomic E-state index is 0.286. The first kappa shape index (κ1) is 15.2. The Morgan fingerprint density at radius 3 is 2.00 bits per heavy atom. The zero-order chi connectivity index (χ0) is 12.1. The molecule has 0 aliphatic heterocycles. The van der Waals surface area contributed by atoms with Crippen molar-refractivity contribution in [2.45, 2.75) is 65.2 Å². The lowest BCUT2D eigenvalue weighted by atomic mass is 10.1. The Hall–Kier alpha value is -0.850. The molecule has 16 heavy (non-hydrogen) atoms. The predicted octanol–water partition coefficient (Wildman–Crippen LogP) is 4.83.